The summed E-state index contributed by atoms with van der Waals surface area (Å²) in [5, 5.41) is 5.19. The molecule has 24 heavy (non-hydrogen) atoms. The quantitative estimate of drug-likeness (QED) is 0.695. The van der Waals surface area contributed by atoms with Crippen molar-refractivity contribution >= 4 is 17.7 Å². The lowest BCUT2D eigenvalue weighted by Gasteiger charge is -2.20. The molecule has 0 amide bonds. The third-order valence-corrected chi connectivity index (χ3v) is 5.35. The minimum Gasteiger partial charge on any atom is -0.272 e. The molecule has 5 heteroatoms. The summed E-state index contributed by atoms with van der Waals surface area (Å²) in [7, 11) is 0. The van der Waals surface area contributed by atoms with Gasteiger partial charge in [0.1, 0.15) is 0 Å². The van der Waals surface area contributed by atoms with Crippen LogP contribution in [0.3, 0.4) is 0 Å². The van der Waals surface area contributed by atoms with Crippen LogP contribution < -0.4 is 0 Å². The lowest BCUT2D eigenvalue weighted by atomic mass is 10.1. The third kappa shape index (κ3) is 2.76. The van der Waals surface area contributed by atoms with Gasteiger partial charge in [0.05, 0.1) is 0 Å². The Morgan fingerprint density at radius 1 is 1.08 bits per heavy atom. The molecule has 0 spiro atoms. The first kappa shape index (κ1) is 15.1. The van der Waals surface area contributed by atoms with Crippen LogP contribution in [0.4, 0.5) is 0 Å². The van der Waals surface area contributed by atoms with E-state index in [1.807, 2.05) is 31.2 Å². The summed E-state index contributed by atoms with van der Waals surface area (Å²) in [5.74, 6) is 0.611. The molecule has 0 unspecified atom stereocenters. The summed E-state index contributed by atoms with van der Waals surface area (Å²) in [6.07, 6.45) is 0.442. The fourth-order valence-corrected chi connectivity index (χ4v) is 3.98. The van der Waals surface area contributed by atoms with Gasteiger partial charge in [-0.3, -0.25) is 4.79 Å². The Morgan fingerprint density at radius 3 is 2.62 bits per heavy atom. The van der Waals surface area contributed by atoms with Crippen LogP contribution in [0.5, 0.6) is 0 Å². The Hall–Kier alpha value is -2.40. The average molecular weight is 335 g/mol. The van der Waals surface area contributed by atoms with Crippen LogP contribution in [0, 0.1) is 13.8 Å². The highest BCUT2D eigenvalue weighted by atomic mass is 32.2. The summed E-state index contributed by atoms with van der Waals surface area (Å²) in [4.78, 5) is 17.1. The lowest BCUT2D eigenvalue weighted by Crippen LogP contribution is -2.20. The molecule has 1 aromatic heterocycles. The van der Waals surface area contributed by atoms with Crippen LogP contribution in [-0.2, 0) is 0 Å². The monoisotopic (exact) mass is 335 g/mol. The number of aromatic nitrogens is 3. The van der Waals surface area contributed by atoms with Gasteiger partial charge in [0, 0.05) is 17.2 Å². The van der Waals surface area contributed by atoms with Crippen molar-refractivity contribution in [3.8, 4) is 11.4 Å². The number of nitrogens with zero attached hydrogens (tertiary/aromatic N) is 3. The van der Waals surface area contributed by atoms with Crippen LogP contribution in [0.2, 0.25) is 0 Å². The fraction of sp³-hybridized carbons (Fsp3) is 0.211. The minimum absolute atomic E-state index is 0.000674. The molecule has 2 heterocycles. The van der Waals surface area contributed by atoms with Crippen LogP contribution in [0.1, 0.15) is 33.2 Å². The fourth-order valence-electron chi connectivity index (χ4n) is 2.82. The van der Waals surface area contributed by atoms with Gasteiger partial charge in [-0.25, -0.2) is 4.98 Å². The zero-order valence-electron chi connectivity index (χ0n) is 13.6. The molecular weight excluding hydrogens is 318 g/mol. The van der Waals surface area contributed by atoms with Crippen molar-refractivity contribution in [2.24, 2.45) is 0 Å². The van der Waals surface area contributed by atoms with E-state index < -0.39 is 0 Å². The van der Waals surface area contributed by atoms with Crippen LogP contribution in [0.15, 0.2) is 53.7 Å². The van der Waals surface area contributed by atoms with E-state index in [1.165, 1.54) is 10.2 Å². The Balaban J connectivity index is 1.68. The second-order valence-electron chi connectivity index (χ2n) is 6.11. The molecule has 0 radical (unpaired) electrons. The summed E-state index contributed by atoms with van der Waals surface area (Å²) in [6, 6.07) is 16.4. The maximum atomic E-state index is 12.5. The maximum Gasteiger partial charge on any atom is 0.250 e. The lowest BCUT2D eigenvalue weighted by molar-refractivity contribution is 0.0868. The number of carbonyl (C=O) groups is 1. The van der Waals surface area contributed by atoms with E-state index >= 15 is 0 Å². The predicted molar refractivity (Wildman–Crippen MR) is 95.2 cm³/mol. The van der Waals surface area contributed by atoms with Gasteiger partial charge in [-0.05, 0) is 25.5 Å². The van der Waals surface area contributed by atoms with Crippen molar-refractivity contribution in [1.29, 1.82) is 0 Å². The number of rotatable bonds is 2. The minimum atomic E-state index is 0.000674. The summed E-state index contributed by atoms with van der Waals surface area (Å²) < 4.78 is 1.45. The highest BCUT2D eigenvalue weighted by molar-refractivity contribution is 7.99. The predicted octanol–water partition coefficient (Wildman–Crippen LogP) is 4.44. The Bertz CT molecular complexity index is 915. The molecule has 0 saturated heterocycles. The van der Waals surface area contributed by atoms with Gasteiger partial charge in [0.15, 0.2) is 11.0 Å². The number of hydrogen-bond donors (Lipinski definition) is 0. The van der Waals surface area contributed by atoms with Gasteiger partial charge in [-0.2, -0.15) is 4.68 Å². The van der Waals surface area contributed by atoms with E-state index in [1.54, 1.807) is 11.8 Å². The Labute approximate surface area is 144 Å². The number of fused-ring (bicyclic) bond motifs is 1. The number of aryl methyl sites for hydroxylation is 2. The van der Waals surface area contributed by atoms with Gasteiger partial charge < -0.3 is 0 Å². The van der Waals surface area contributed by atoms with Crippen LogP contribution >= 0.6 is 11.8 Å². The van der Waals surface area contributed by atoms with Crippen molar-refractivity contribution in [2.75, 3.05) is 0 Å². The molecule has 4 nitrogen and oxygen atoms in total. The molecule has 0 aliphatic carbocycles. The zero-order chi connectivity index (χ0) is 16.7. The van der Waals surface area contributed by atoms with Gasteiger partial charge in [0.2, 0.25) is 0 Å². The molecule has 0 N–H and O–H groups in total. The molecule has 120 valence electrons. The van der Waals surface area contributed by atoms with Crippen molar-refractivity contribution in [1.82, 2.24) is 14.8 Å². The first-order valence-corrected chi connectivity index (χ1v) is 8.78. The largest absolute Gasteiger partial charge is 0.272 e. The van der Waals surface area contributed by atoms with Crippen molar-refractivity contribution in [3.63, 3.8) is 0 Å². The summed E-state index contributed by atoms with van der Waals surface area (Å²) in [6.45, 7) is 4.10. The van der Waals surface area contributed by atoms with E-state index in [9.17, 15) is 4.79 Å². The number of hydrogen-bond acceptors (Lipinski definition) is 4. The van der Waals surface area contributed by atoms with Gasteiger partial charge in [-0.15, -0.1) is 5.10 Å². The number of carbonyl (C=O) groups excluding carboxylic acids is 1. The molecule has 0 fully saturated rings. The number of benzene rings is 2. The molecule has 2 aromatic carbocycles. The molecule has 1 atom stereocenters. The second-order valence-corrected chi connectivity index (χ2v) is 7.28. The standard InChI is InChI=1S/C19H17N3OS/c1-12-6-8-14(9-7-12)16-11-17(23)22-19(24-16)20-18(21-22)15-5-3-4-13(2)10-15/h3-10,16H,11H2,1-2H3/t16-/m0/s1. The maximum absolute atomic E-state index is 12.5. The topological polar surface area (TPSA) is 47.8 Å². The first-order chi connectivity index (χ1) is 11.6. The van der Waals surface area contributed by atoms with Crippen LogP contribution in [-0.4, -0.2) is 20.7 Å². The number of thioether (sulfide) groups is 1. The summed E-state index contributed by atoms with van der Waals surface area (Å²) >= 11 is 1.61. The molecule has 3 aromatic rings. The van der Waals surface area contributed by atoms with Gasteiger partial charge >= 0.3 is 0 Å². The van der Waals surface area contributed by atoms with Crippen LogP contribution in [0.25, 0.3) is 11.4 Å². The average Bonchev–Trinajstić information content (AvgIpc) is 3.00. The van der Waals surface area contributed by atoms with E-state index in [0.717, 1.165) is 16.7 Å². The Morgan fingerprint density at radius 2 is 1.88 bits per heavy atom. The SMILES string of the molecule is Cc1ccc([C@@H]2CC(=O)n3nc(-c4cccc(C)c4)nc3S2)cc1. The smallest absolute Gasteiger partial charge is 0.250 e. The molecule has 0 saturated carbocycles. The van der Waals surface area contributed by atoms with E-state index in [2.05, 4.69) is 41.3 Å². The van der Waals surface area contributed by atoms with E-state index in [4.69, 9.17) is 0 Å². The van der Waals surface area contributed by atoms with Gasteiger partial charge in [-0.1, -0.05) is 65.4 Å². The Kier molecular flexibility index (Phi) is 3.73. The summed E-state index contributed by atoms with van der Waals surface area (Å²) in [5.41, 5.74) is 4.47. The third-order valence-electron chi connectivity index (χ3n) is 4.15. The van der Waals surface area contributed by atoms with Crippen molar-refractivity contribution < 1.29 is 4.79 Å². The molecule has 1 aliphatic rings. The van der Waals surface area contributed by atoms with Crippen molar-refractivity contribution in [2.45, 2.75) is 30.7 Å². The van der Waals surface area contributed by atoms with E-state index in [-0.39, 0.29) is 11.2 Å². The zero-order valence-corrected chi connectivity index (χ0v) is 14.4. The first-order valence-electron chi connectivity index (χ1n) is 7.91. The highest BCUT2D eigenvalue weighted by Gasteiger charge is 2.30. The van der Waals surface area contributed by atoms with E-state index in [0.29, 0.717) is 17.4 Å². The molecule has 4 rings (SSSR count). The normalized spacial score (nSPS) is 16.9. The molecule has 1 aliphatic heterocycles. The van der Waals surface area contributed by atoms with Crippen molar-refractivity contribution in [3.05, 3.63) is 65.2 Å². The molecule has 0 bridgehead atoms. The molecular formula is C19H17N3OS. The van der Waals surface area contributed by atoms with Gasteiger partial charge in [0.25, 0.3) is 5.91 Å². The second kappa shape index (κ2) is 5.91. The highest BCUT2D eigenvalue weighted by Crippen LogP contribution is 2.41.